The van der Waals surface area contributed by atoms with Gasteiger partial charge in [-0.1, -0.05) is 38.5 Å². The van der Waals surface area contributed by atoms with Gasteiger partial charge in [0.15, 0.2) is 0 Å². The Bertz CT molecular complexity index is 172. The van der Waals surface area contributed by atoms with Crippen molar-refractivity contribution in [2.75, 3.05) is 18.1 Å². The molecule has 0 spiro atoms. The van der Waals surface area contributed by atoms with Gasteiger partial charge in [0.05, 0.1) is 0 Å². The van der Waals surface area contributed by atoms with E-state index in [0.29, 0.717) is 0 Å². The summed E-state index contributed by atoms with van der Waals surface area (Å²) in [5, 5.41) is 3.73. The third-order valence-corrected chi connectivity index (χ3v) is 5.22. The first-order chi connectivity index (χ1) is 7.95. The van der Waals surface area contributed by atoms with Gasteiger partial charge in [-0.15, -0.1) is 0 Å². The molecule has 1 aliphatic heterocycles. The molecule has 0 aromatic rings. The van der Waals surface area contributed by atoms with Crippen LogP contribution in [0.15, 0.2) is 0 Å². The molecule has 1 aliphatic carbocycles. The van der Waals surface area contributed by atoms with E-state index in [1.165, 1.54) is 75.8 Å². The Kier molecular flexibility index (Phi) is 6.06. The van der Waals surface area contributed by atoms with Gasteiger partial charge in [-0.25, -0.2) is 0 Å². The number of hydrogen-bond donors (Lipinski definition) is 1. The molecule has 94 valence electrons. The molecule has 0 aromatic heterocycles. The van der Waals surface area contributed by atoms with E-state index in [2.05, 4.69) is 17.1 Å². The minimum atomic E-state index is 0.840. The lowest BCUT2D eigenvalue weighted by Gasteiger charge is -2.22. The van der Waals surface area contributed by atoms with Crippen molar-refractivity contribution in [2.24, 2.45) is 5.92 Å². The Morgan fingerprint density at radius 3 is 2.44 bits per heavy atom. The molecule has 16 heavy (non-hydrogen) atoms. The lowest BCUT2D eigenvalue weighted by molar-refractivity contribution is 0.438. The molecule has 1 saturated heterocycles. The minimum absolute atomic E-state index is 0.840. The Labute approximate surface area is 105 Å². The summed E-state index contributed by atoms with van der Waals surface area (Å²) < 4.78 is 0. The first kappa shape index (κ1) is 12.8. The van der Waals surface area contributed by atoms with E-state index in [4.69, 9.17) is 0 Å². The second-order valence-corrected chi connectivity index (χ2v) is 6.71. The molecule has 0 radical (unpaired) electrons. The Balaban J connectivity index is 1.42. The second-order valence-electron chi connectivity index (χ2n) is 5.49. The van der Waals surface area contributed by atoms with Crippen LogP contribution in [-0.2, 0) is 0 Å². The highest BCUT2D eigenvalue weighted by Gasteiger charge is 2.14. The molecule has 1 heterocycles. The van der Waals surface area contributed by atoms with Crippen molar-refractivity contribution in [1.82, 2.24) is 5.32 Å². The van der Waals surface area contributed by atoms with Crippen LogP contribution in [0.25, 0.3) is 0 Å². The summed E-state index contributed by atoms with van der Waals surface area (Å²) >= 11 is 2.12. The second kappa shape index (κ2) is 7.60. The molecule has 2 rings (SSSR count). The van der Waals surface area contributed by atoms with E-state index in [1.807, 2.05) is 0 Å². The highest BCUT2D eigenvalue weighted by molar-refractivity contribution is 7.99. The maximum atomic E-state index is 3.73. The molecule has 1 N–H and O–H groups in total. The normalized spacial score (nSPS) is 24.0. The van der Waals surface area contributed by atoms with E-state index in [0.717, 1.165) is 12.0 Å². The number of unbranched alkanes of at least 4 members (excludes halogenated alkanes) is 1. The van der Waals surface area contributed by atoms with Crippen LogP contribution >= 0.6 is 11.8 Å². The maximum Gasteiger partial charge on any atom is 0.00827 e. The van der Waals surface area contributed by atoms with Crippen molar-refractivity contribution >= 4 is 11.8 Å². The molecule has 0 atom stereocenters. The van der Waals surface area contributed by atoms with Crippen molar-refractivity contribution in [1.29, 1.82) is 0 Å². The van der Waals surface area contributed by atoms with Crippen LogP contribution in [0.5, 0.6) is 0 Å². The summed E-state index contributed by atoms with van der Waals surface area (Å²) in [6, 6.07) is 0.840. The number of thioether (sulfide) groups is 1. The lowest BCUT2D eigenvalue weighted by Crippen LogP contribution is -2.33. The van der Waals surface area contributed by atoms with Gasteiger partial charge < -0.3 is 5.32 Å². The third-order valence-electron chi connectivity index (χ3n) is 4.17. The molecule has 2 fully saturated rings. The Morgan fingerprint density at radius 2 is 1.69 bits per heavy atom. The van der Waals surface area contributed by atoms with Gasteiger partial charge in [0, 0.05) is 6.04 Å². The fourth-order valence-corrected chi connectivity index (χ4v) is 4.17. The summed E-state index contributed by atoms with van der Waals surface area (Å²) in [6.45, 7) is 1.27. The average Bonchev–Trinajstić information content (AvgIpc) is 2.83. The van der Waals surface area contributed by atoms with E-state index in [9.17, 15) is 0 Å². The van der Waals surface area contributed by atoms with Crippen molar-refractivity contribution in [3.05, 3.63) is 0 Å². The average molecular weight is 241 g/mol. The van der Waals surface area contributed by atoms with Gasteiger partial charge in [-0.3, -0.25) is 0 Å². The Morgan fingerprint density at radius 1 is 0.938 bits per heavy atom. The van der Waals surface area contributed by atoms with Gasteiger partial charge in [0.2, 0.25) is 0 Å². The number of rotatable bonds is 6. The zero-order valence-corrected chi connectivity index (χ0v) is 11.4. The highest BCUT2D eigenvalue weighted by Crippen LogP contribution is 2.28. The van der Waals surface area contributed by atoms with Crippen molar-refractivity contribution in [2.45, 2.75) is 63.8 Å². The van der Waals surface area contributed by atoms with E-state index < -0.39 is 0 Å². The van der Waals surface area contributed by atoms with Crippen LogP contribution in [0.4, 0.5) is 0 Å². The fraction of sp³-hybridized carbons (Fsp3) is 1.00. The van der Waals surface area contributed by atoms with Crippen LogP contribution in [-0.4, -0.2) is 24.1 Å². The van der Waals surface area contributed by atoms with Crippen molar-refractivity contribution in [3.8, 4) is 0 Å². The molecule has 0 bridgehead atoms. The largest absolute Gasteiger partial charge is 0.314 e. The molecule has 0 aromatic carbocycles. The first-order valence-corrected chi connectivity index (χ1v) is 8.42. The lowest BCUT2D eigenvalue weighted by atomic mass is 10.0. The van der Waals surface area contributed by atoms with Crippen LogP contribution in [0.1, 0.15) is 57.8 Å². The molecule has 0 unspecified atom stereocenters. The number of hydrogen-bond acceptors (Lipinski definition) is 2. The van der Waals surface area contributed by atoms with Gasteiger partial charge in [-0.2, -0.15) is 11.8 Å². The molecule has 2 heteroatoms. The van der Waals surface area contributed by atoms with Gasteiger partial charge in [0.25, 0.3) is 0 Å². The van der Waals surface area contributed by atoms with E-state index >= 15 is 0 Å². The monoisotopic (exact) mass is 241 g/mol. The SMILES string of the molecule is C(CCC1CCCC1)CNC1CCSCC1. The van der Waals surface area contributed by atoms with E-state index in [1.54, 1.807) is 0 Å². The predicted octanol–water partition coefficient (Wildman–Crippen LogP) is 3.83. The molecule has 1 nitrogen and oxygen atoms in total. The van der Waals surface area contributed by atoms with Gasteiger partial charge in [0.1, 0.15) is 0 Å². The summed E-state index contributed by atoms with van der Waals surface area (Å²) in [6.07, 6.45) is 13.2. The summed E-state index contributed by atoms with van der Waals surface area (Å²) in [7, 11) is 0. The molecule has 0 amide bonds. The molecule has 2 aliphatic rings. The van der Waals surface area contributed by atoms with Crippen LogP contribution < -0.4 is 5.32 Å². The topological polar surface area (TPSA) is 12.0 Å². The maximum absolute atomic E-state index is 3.73. The molecular weight excluding hydrogens is 214 g/mol. The standard InChI is InChI=1S/C14H27NS/c1-2-6-13(5-1)7-3-4-10-15-14-8-11-16-12-9-14/h13-15H,1-12H2. The predicted molar refractivity (Wildman–Crippen MR) is 74.2 cm³/mol. The van der Waals surface area contributed by atoms with Crippen molar-refractivity contribution in [3.63, 3.8) is 0 Å². The quantitative estimate of drug-likeness (QED) is 0.709. The third kappa shape index (κ3) is 4.67. The Hall–Kier alpha value is 0.310. The van der Waals surface area contributed by atoms with Crippen LogP contribution in [0.3, 0.4) is 0 Å². The summed E-state index contributed by atoms with van der Waals surface area (Å²) in [5.41, 5.74) is 0. The van der Waals surface area contributed by atoms with Crippen molar-refractivity contribution < 1.29 is 0 Å². The zero-order valence-electron chi connectivity index (χ0n) is 10.5. The smallest absolute Gasteiger partial charge is 0.00827 e. The number of nitrogens with one attached hydrogen (secondary N) is 1. The van der Waals surface area contributed by atoms with Gasteiger partial charge >= 0.3 is 0 Å². The minimum Gasteiger partial charge on any atom is -0.314 e. The molecular formula is C14H27NS. The summed E-state index contributed by atoms with van der Waals surface area (Å²) in [4.78, 5) is 0. The first-order valence-electron chi connectivity index (χ1n) is 7.26. The van der Waals surface area contributed by atoms with Crippen LogP contribution in [0, 0.1) is 5.92 Å². The van der Waals surface area contributed by atoms with Gasteiger partial charge in [-0.05, 0) is 43.2 Å². The zero-order chi connectivity index (χ0) is 11.1. The van der Waals surface area contributed by atoms with E-state index in [-0.39, 0.29) is 0 Å². The highest BCUT2D eigenvalue weighted by atomic mass is 32.2. The summed E-state index contributed by atoms with van der Waals surface area (Å²) in [5.74, 6) is 3.84. The fourth-order valence-electron chi connectivity index (χ4n) is 3.06. The van der Waals surface area contributed by atoms with Crippen LogP contribution in [0.2, 0.25) is 0 Å². The molecule has 1 saturated carbocycles.